The molecule has 0 radical (unpaired) electrons. The first-order valence-electron chi connectivity index (χ1n) is 8.06. The summed E-state index contributed by atoms with van der Waals surface area (Å²) in [6.45, 7) is 3.97. The molecule has 2 unspecified atom stereocenters. The van der Waals surface area contributed by atoms with Gasteiger partial charge in [-0.25, -0.2) is 0 Å². The van der Waals surface area contributed by atoms with Gasteiger partial charge in [-0.2, -0.15) is 0 Å². The third-order valence-corrected chi connectivity index (χ3v) is 4.21. The van der Waals surface area contributed by atoms with E-state index in [0.29, 0.717) is 0 Å². The average molecular weight is 325 g/mol. The van der Waals surface area contributed by atoms with Crippen LogP contribution in [0.2, 0.25) is 0 Å². The van der Waals surface area contributed by atoms with Crippen molar-refractivity contribution >= 4 is 17.9 Å². The minimum Gasteiger partial charge on any atom is -0.497 e. The van der Waals surface area contributed by atoms with Gasteiger partial charge in [0.1, 0.15) is 5.75 Å². The molecule has 0 heterocycles. The fourth-order valence-electron chi connectivity index (χ4n) is 2.56. The number of aliphatic carboxylic acids is 1. The minimum atomic E-state index is -0.779. The third kappa shape index (κ3) is 4.44. The number of carbonyl (C=O) groups is 1. The van der Waals surface area contributed by atoms with Gasteiger partial charge in [0.05, 0.1) is 18.7 Å². The number of rotatable bonds is 7. The zero-order valence-electron chi connectivity index (χ0n) is 14.3. The van der Waals surface area contributed by atoms with Crippen LogP contribution in [0.25, 0.3) is 0 Å². The van der Waals surface area contributed by atoms with Crippen LogP contribution in [-0.4, -0.2) is 24.4 Å². The van der Waals surface area contributed by atoms with E-state index in [2.05, 4.69) is 4.99 Å². The van der Waals surface area contributed by atoms with Crippen molar-refractivity contribution in [3.05, 3.63) is 59.7 Å². The summed E-state index contributed by atoms with van der Waals surface area (Å²) in [6, 6.07) is 15.0. The molecule has 2 aromatic rings. The number of carboxylic acids is 1. The van der Waals surface area contributed by atoms with Crippen LogP contribution in [0.15, 0.2) is 53.5 Å². The summed E-state index contributed by atoms with van der Waals surface area (Å²) < 4.78 is 5.12. The van der Waals surface area contributed by atoms with Gasteiger partial charge < -0.3 is 9.84 Å². The second-order valence-corrected chi connectivity index (χ2v) is 5.82. The Labute approximate surface area is 142 Å². The lowest BCUT2D eigenvalue weighted by Crippen LogP contribution is -2.18. The molecule has 0 spiro atoms. The second-order valence-electron chi connectivity index (χ2n) is 5.82. The van der Waals surface area contributed by atoms with Crippen LogP contribution in [0.4, 0.5) is 5.69 Å². The van der Waals surface area contributed by atoms with Gasteiger partial charge in [-0.3, -0.25) is 9.79 Å². The molecule has 2 rings (SSSR count). The summed E-state index contributed by atoms with van der Waals surface area (Å²) in [4.78, 5) is 15.9. The van der Waals surface area contributed by atoms with Crippen LogP contribution < -0.4 is 4.74 Å². The normalized spacial score (nSPS) is 13.6. The fourth-order valence-corrected chi connectivity index (χ4v) is 2.56. The summed E-state index contributed by atoms with van der Waals surface area (Å²) in [5.74, 6) is -0.356. The van der Waals surface area contributed by atoms with Crippen LogP contribution in [0.3, 0.4) is 0 Å². The van der Waals surface area contributed by atoms with Gasteiger partial charge in [0.15, 0.2) is 0 Å². The fraction of sp³-hybridized carbons (Fsp3) is 0.300. The number of benzene rings is 2. The molecule has 2 atom stereocenters. The zero-order chi connectivity index (χ0) is 17.5. The molecule has 0 saturated carbocycles. The maximum Gasteiger partial charge on any atom is 0.311 e. The lowest BCUT2D eigenvalue weighted by atomic mass is 9.85. The maximum absolute atomic E-state index is 11.5. The second kappa shape index (κ2) is 8.29. The first-order valence-corrected chi connectivity index (χ1v) is 8.06. The predicted molar refractivity (Wildman–Crippen MR) is 96.5 cm³/mol. The van der Waals surface area contributed by atoms with Crippen molar-refractivity contribution < 1.29 is 14.6 Å². The van der Waals surface area contributed by atoms with Crippen LogP contribution >= 0.6 is 0 Å². The number of hydrogen-bond acceptors (Lipinski definition) is 3. The number of nitrogens with zero attached hydrogens (tertiary/aromatic N) is 1. The quantitative estimate of drug-likeness (QED) is 0.753. The van der Waals surface area contributed by atoms with Gasteiger partial charge in [0, 0.05) is 6.21 Å². The van der Waals surface area contributed by atoms with Gasteiger partial charge in [-0.15, -0.1) is 0 Å². The Morgan fingerprint density at radius 1 is 1.17 bits per heavy atom. The molecule has 4 heteroatoms. The molecule has 0 aliphatic carbocycles. The minimum absolute atomic E-state index is 0.0937. The molecule has 0 fully saturated rings. The Morgan fingerprint density at radius 2 is 1.79 bits per heavy atom. The zero-order valence-corrected chi connectivity index (χ0v) is 14.3. The van der Waals surface area contributed by atoms with Crippen LogP contribution in [0.5, 0.6) is 5.75 Å². The van der Waals surface area contributed by atoms with Crippen LogP contribution in [-0.2, 0) is 4.79 Å². The largest absolute Gasteiger partial charge is 0.497 e. The highest BCUT2D eigenvalue weighted by Crippen LogP contribution is 2.28. The summed E-state index contributed by atoms with van der Waals surface area (Å²) in [7, 11) is 1.63. The molecule has 126 valence electrons. The van der Waals surface area contributed by atoms with Crippen molar-refractivity contribution in [1.82, 2.24) is 0 Å². The highest BCUT2D eigenvalue weighted by Gasteiger charge is 2.25. The Kier molecular flexibility index (Phi) is 6.13. The monoisotopic (exact) mass is 325 g/mol. The number of ether oxygens (including phenoxy) is 1. The van der Waals surface area contributed by atoms with E-state index in [1.54, 1.807) is 13.3 Å². The molecule has 0 aromatic heterocycles. The highest BCUT2D eigenvalue weighted by atomic mass is 16.5. The Hall–Kier alpha value is -2.62. The molecule has 4 nitrogen and oxygen atoms in total. The molecular formula is C20H23NO3. The number of carboxylic acid groups (broad SMARTS) is 1. The smallest absolute Gasteiger partial charge is 0.311 e. The SMILES string of the molecule is CCC(C)C(C(=O)O)c1ccc(N=Cc2ccc(OC)cc2)cc1. The molecule has 0 amide bonds. The standard InChI is InChI=1S/C20H23NO3/c1-4-14(2)19(20(22)23)16-7-9-17(10-8-16)21-13-15-5-11-18(24-3)12-6-15/h5-14,19H,4H2,1-3H3,(H,22,23). The van der Waals surface area contributed by atoms with E-state index in [1.165, 1.54) is 0 Å². The summed E-state index contributed by atoms with van der Waals surface area (Å²) >= 11 is 0. The maximum atomic E-state index is 11.5. The van der Waals surface area contributed by atoms with Gasteiger partial charge in [0.2, 0.25) is 0 Å². The van der Waals surface area contributed by atoms with Crippen molar-refractivity contribution in [1.29, 1.82) is 0 Å². The Morgan fingerprint density at radius 3 is 2.29 bits per heavy atom. The molecule has 2 aromatic carbocycles. The molecule has 24 heavy (non-hydrogen) atoms. The van der Waals surface area contributed by atoms with Crippen molar-refractivity contribution in [2.45, 2.75) is 26.2 Å². The van der Waals surface area contributed by atoms with E-state index in [-0.39, 0.29) is 5.92 Å². The summed E-state index contributed by atoms with van der Waals surface area (Å²) in [6.07, 6.45) is 2.60. The first-order chi connectivity index (χ1) is 11.5. The van der Waals surface area contributed by atoms with Crippen LogP contribution in [0, 0.1) is 5.92 Å². The van der Waals surface area contributed by atoms with Crippen molar-refractivity contribution in [2.24, 2.45) is 10.9 Å². The van der Waals surface area contributed by atoms with Gasteiger partial charge in [0.25, 0.3) is 0 Å². The molecule has 0 aliphatic rings. The number of methoxy groups -OCH3 is 1. The summed E-state index contributed by atoms with van der Waals surface area (Å²) in [5.41, 5.74) is 2.59. The molecule has 0 saturated heterocycles. The molecular weight excluding hydrogens is 302 g/mol. The van der Waals surface area contributed by atoms with Gasteiger partial charge in [-0.05, 0) is 53.4 Å². The van der Waals surface area contributed by atoms with Crippen molar-refractivity contribution in [2.75, 3.05) is 7.11 Å². The van der Waals surface area contributed by atoms with E-state index < -0.39 is 11.9 Å². The first kappa shape index (κ1) is 17.7. The molecule has 0 bridgehead atoms. The number of hydrogen-bond donors (Lipinski definition) is 1. The number of aliphatic imine (C=N–C) groups is 1. The van der Waals surface area contributed by atoms with Crippen molar-refractivity contribution in [3.8, 4) is 5.75 Å². The molecule has 0 aliphatic heterocycles. The van der Waals surface area contributed by atoms with E-state index in [9.17, 15) is 9.90 Å². The molecule has 1 N–H and O–H groups in total. The predicted octanol–water partition coefficient (Wildman–Crippen LogP) is 4.66. The van der Waals surface area contributed by atoms with E-state index in [0.717, 1.165) is 29.0 Å². The topological polar surface area (TPSA) is 58.9 Å². The summed E-state index contributed by atoms with van der Waals surface area (Å²) in [5, 5.41) is 9.45. The van der Waals surface area contributed by atoms with E-state index in [1.807, 2.05) is 62.4 Å². The van der Waals surface area contributed by atoms with Gasteiger partial charge in [-0.1, -0.05) is 32.4 Å². The average Bonchev–Trinajstić information content (AvgIpc) is 2.61. The van der Waals surface area contributed by atoms with Gasteiger partial charge >= 0.3 is 5.97 Å². The Bertz CT molecular complexity index is 690. The van der Waals surface area contributed by atoms with E-state index in [4.69, 9.17) is 4.74 Å². The van der Waals surface area contributed by atoms with E-state index >= 15 is 0 Å². The highest BCUT2D eigenvalue weighted by molar-refractivity contribution is 5.82. The van der Waals surface area contributed by atoms with Crippen molar-refractivity contribution in [3.63, 3.8) is 0 Å². The lowest BCUT2D eigenvalue weighted by molar-refractivity contribution is -0.140. The third-order valence-electron chi connectivity index (χ3n) is 4.21. The Balaban J connectivity index is 2.13. The lowest BCUT2D eigenvalue weighted by Gasteiger charge is -2.19. The van der Waals surface area contributed by atoms with Crippen LogP contribution in [0.1, 0.15) is 37.3 Å².